The van der Waals surface area contributed by atoms with E-state index < -0.39 is 12.0 Å². The van der Waals surface area contributed by atoms with Gasteiger partial charge in [-0.3, -0.25) is 19.4 Å². The van der Waals surface area contributed by atoms with Gasteiger partial charge in [-0.05, 0) is 48.4 Å². The molecule has 1 atom stereocenters. The Hall–Kier alpha value is -4.73. The van der Waals surface area contributed by atoms with Gasteiger partial charge in [0.1, 0.15) is 0 Å². The number of carboxylic acids is 1. The molecule has 0 bridgehead atoms. The topological polar surface area (TPSA) is 150 Å². The molecule has 10 heteroatoms. The molecular weight excluding hydrogens is 462 g/mol. The molecule has 2 aromatic carbocycles. The normalized spacial score (nSPS) is 11.2. The van der Waals surface area contributed by atoms with E-state index in [9.17, 15) is 19.2 Å². The maximum atomic E-state index is 12.4. The third-order valence-corrected chi connectivity index (χ3v) is 5.15. The Balaban J connectivity index is 1.52. The van der Waals surface area contributed by atoms with Crippen molar-refractivity contribution in [2.24, 2.45) is 0 Å². The minimum atomic E-state index is -1.07. The number of urea groups is 1. The zero-order valence-corrected chi connectivity index (χ0v) is 19.9. The summed E-state index contributed by atoms with van der Waals surface area (Å²) in [6.45, 7) is 3.20. The van der Waals surface area contributed by atoms with Gasteiger partial charge in [-0.25, -0.2) is 4.79 Å². The predicted octanol–water partition coefficient (Wildman–Crippen LogP) is 3.87. The highest BCUT2D eigenvalue weighted by atomic mass is 16.4. The lowest BCUT2D eigenvalue weighted by molar-refractivity contribution is -0.137. The summed E-state index contributed by atoms with van der Waals surface area (Å²) in [7, 11) is 0. The average Bonchev–Trinajstić information content (AvgIpc) is 2.81. The van der Waals surface area contributed by atoms with Crippen molar-refractivity contribution in [2.45, 2.75) is 32.7 Å². The molecular formula is C26H27N5O5. The molecule has 36 heavy (non-hydrogen) atoms. The Labute approximate surface area is 208 Å². The van der Waals surface area contributed by atoms with E-state index in [1.165, 1.54) is 13.1 Å². The van der Waals surface area contributed by atoms with E-state index in [4.69, 9.17) is 5.11 Å². The smallest absolute Gasteiger partial charge is 0.323 e. The summed E-state index contributed by atoms with van der Waals surface area (Å²) in [5.74, 6) is -1.71. The molecule has 3 rings (SSSR count). The van der Waals surface area contributed by atoms with Gasteiger partial charge in [-0.1, -0.05) is 30.3 Å². The van der Waals surface area contributed by atoms with Crippen LogP contribution in [0, 0.1) is 6.92 Å². The van der Waals surface area contributed by atoms with Gasteiger partial charge in [0.15, 0.2) is 0 Å². The highest BCUT2D eigenvalue weighted by Crippen LogP contribution is 2.18. The molecule has 0 aliphatic carbocycles. The van der Waals surface area contributed by atoms with E-state index in [0.29, 0.717) is 17.1 Å². The van der Waals surface area contributed by atoms with Gasteiger partial charge in [0, 0.05) is 18.3 Å². The van der Waals surface area contributed by atoms with Gasteiger partial charge in [0.2, 0.25) is 11.8 Å². The molecule has 0 spiro atoms. The second-order valence-corrected chi connectivity index (χ2v) is 8.14. The fourth-order valence-corrected chi connectivity index (χ4v) is 3.43. The molecule has 3 aromatic rings. The van der Waals surface area contributed by atoms with E-state index in [1.54, 1.807) is 36.4 Å². The number of rotatable bonds is 9. The number of anilines is 3. The third kappa shape index (κ3) is 7.94. The number of aromatic nitrogens is 1. The maximum absolute atomic E-state index is 12.4. The molecule has 0 saturated heterocycles. The quantitative estimate of drug-likeness (QED) is 0.308. The lowest BCUT2D eigenvalue weighted by atomic mass is 10.1. The van der Waals surface area contributed by atoms with Crippen LogP contribution in [-0.2, 0) is 20.8 Å². The largest absolute Gasteiger partial charge is 0.481 e. The minimum absolute atomic E-state index is 0.102. The Morgan fingerprint density at radius 1 is 0.889 bits per heavy atom. The van der Waals surface area contributed by atoms with E-state index in [-0.39, 0.29) is 30.7 Å². The fraction of sp³-hybridized carbons (Fsp3) is 0.192. The van der Waals surface area contributed by atoms with Crippen molar-refractivity contribution in [3.8, 4) is 0 Å². The molecule has 0 aliphatic heterocycles. The first-order valence-corrected chi connectivity index (χ1v) is 11.2. The summed E-state index contributed by atoms with van der Waals surface area (Å²) >= 11 is 0. The van der Waals surface area contributed by atoms with E-state index in [1.807, 2.05) is 31.2 Å². The summed E-state index contributed by atoms with van der Waals surface area (Å²) in [5, 5.41) is 19.9. The number of carboxylic acid groups (broad SMARTS) is 1. The summed E-state index contributed by atoms with van der Waals surface area (Å²) in [5.41, 5.74) is 3.81. The zero-order valence-electron chi connectivity index (χ0n) is 19.9. The number of aryl methyl sites for hydroxylation is 1. The van der Waals surface area contributed by atoms with Crippen LogP contribution in [0.5, 0.6) is 0 Å². The Kier molecular flexibility index (Phi) is 8.71. The molecule has 0 saturated carbocycles. The number of carbonyl (C=O) groups is 4. The average molecular weight is 490 g/mol. The fourth-order valence-electron chi connectivity index (χ4n) is 3.43. The number of aliphatic carboxylic acids is 1. The van der Waals surface area contributed by atoms with Gasteiger partial charge >= 0.3 is 12.0 Å². The van der Waals surface area contributed by atoms with Crippen LogP contribution in [0.1, 0.15) is 36.2 Å². The van der Waals surface area contributed by atoms with E-state index >= 15 is 0 Å². The molecule has 0 fully saturated rings. The molecule has 10 nitrogen and oxygen atoms in total. The van der Waals surface area contributed by atoms with E-state index in [2.05, 4.69) is 26.3 Å². The lowest BCUT2D eigenvalue weighted by Crippen LogP contribution is -2.28. The summed E-state index contributed by atoms with van der Waals surface area (Å²) in [6, 6.07) is 16.4. The highest BCUT2D eigenvalue weighted by Gasteiger charge is 2.18. The number of nitrogens with zero attached hydrogens (tertiary/aromatic N) is 1. The molecule has 0 radical (unpaired) electrons. The predicted molar refractivity (Wildman–Crippen MR) is 136 cm³/mol. The molecule has 0 aliphatic rings. The van der Waals surface area contributed by atoms with Crippen LogP contribution in [0.3, 0.4) is 0 Å². The second kappa shape index (κ2) is 12.1. The monoisotopic (exact) mass is 489 g/mol. The standard InChI is InChI=1S/C26H27N5O5/c1-16-5-3-4-6-21(16)31-26(36)30-19-9-7-18(8-10-19)13-24(33)29-20-11-12-22(27-15-20)23(14-25(34)35)28-17(2)32/h3-12,15,23H,13-14H2,1-2H3,(H,28,32)(H,29,33)(H,34,35)(H2,30,31,36). The second-order valence-electron chi connectivity index (χ2n) is 8.14. The van der Waals surface area contributed by atoms with Gasteiger partial charge in [-0.15, -0.1) is 0 Å². The van der Waals surface area contributed by atoms with Crippen LogP contribution in [-0.4, -0.2) is 33.9 Å². The number of pyridine rings is 1. The number of carbonyl (C=O) groups excluding carboxylic acids is 3. The van der Waals surface area contributed by atoms with Gasteiger partial charge < -0.3 is 26.4 Å². The SMILES string of the molecule is CC(=O)NC(CC(=O)O)c1ccc(NC(=O)Cc2ccc(NC(=O)Nc3ccccc3C)cc2)cn1. The van der Waals surface area contributed by atoms with Crippen molar-refractivity contribution in [3.05, 3.63) is 83.7 Å². The first kappa shape index (κ1) is 25.9. The molecule has 1 aromatic heterocycles. The van der Waals surface area contributed by atoms with Crippen molar-refractivity contribution in [1.82, 2.24) is 10.3 Å². The van der Waals surface area contributed by atoms with Crippen molar-refractivity contribution in [2.75, 3.05) is 16.0 Å². The summed E-state index contributed by atoms with van der Waals surface area (Å²) < 4.78 is 0. The van der Waals surface area contributed by atoms with Crippen LogP contribution >= 0.6 is 0 Å². The van der Waals surface area contributed by atoms with Crippen LogP contribution < -0.4 is 21.3 Å². The van der Waals surface area contributed by atoms with Crippen LogP contribution in [0.25, 0.3) is 0 Å². The van der Waals surface area contributed by atoms with Gasteiger partial charge in [0.25, 0.3) is 0 Å². The van der Waals surface area contributed by atoms with Crippen molar-refractivity contribution in [3.63, 3.8) is 0 Å². The van der Waals surface area contributed by atoms with Gasteiger partial charge in [0.05, 0.1) is 36.5 Å². The van der Waals surface area contributed by atoms with Crippen LogP contribution in [0.2, 0.25) is 0 Å². The number of hydrogen-bond donors (Lipinski definition) is 5. The van der Waals surface area contributed by atoms with E-state index in [0.717, 1.165) is 16.8 Å². The van der Waals surface area contributed by atoms with Crippen molar-refractivity contribution >= 4 is 40.9 Å². The van der Waals surface area contributed by atoms with Crippen LogP contribution in [0.4, 0.5) is 21.9 Å². The number of para-hydroxylation sites is 1. The Morgan fingerprint density at radius 2 is 1.58 bits per heavy atom. The third-order valence-electron chi connectivity index (χ3n) is 5.15. The number of hydrogen-bond acceptors (Lipinski definition) is 5. The first-order chi connectivity index (χ1) is 17.2. The Bertz CT molecular complexity index is 1230. The Morgan fingerprint density at radius 3 is 2.19 bits per heavy atom. The lowest BCUT2D eigenvalue weighted by Gasteiger charge is -2.15. The molecule has 186 valence electrons. The highest BCUT2D eigenvalue weighted by molar-refractivity contribution is 6.00. The number of nitrogens with one attached hydrogen (secondary N) is 4. The molecule has 4 amide bonds. The zero-order chi connectivity index (χ0) is 26.1. The van der Waals surface area contributed by atoms with Crippen LogP contribution in [0.15, 0.2) is 66.9 Å². The minimum Gasteiger partial charge on any atom is -0.481 e. The van der Waals surface area contributed by atoms with Crippen molar-refractivity contribution < 1.29 is 24.3 Å². The number of amides is 4. The molecule has 1 unspecified atom stereocenters. The first-order valence-electron chi connectivity index (χ1n) is 11.2. The van der Waals surface area contributed by atoms with Crippen molar-refractivity contribution in [1.29, 1.82) is 0 Å². The number of benzene rings is 2. The molecule has 5 N–H and O–H groups in total. The maximum Gasteiger partial charge on any atom is 0.323 e. The molecule has 1 heterocycles. The van der Waals surface area contributed by atoms with Gasteiger partial charge in [-0.2, -0.15) is 0 Å². The summed E-state index contributed by atoms with van der Waals surface area (Å²) in [6.07, 6.45) is 1.20. The summed E-state index contributed by atoms with van der Waals surface area (Å²) in [4.78, 5) is 51.2.